The zero-order valence-electron chi connectivity index (χ0n) is 23.1. The Bertz CT molecular complexity index is 423. The zero-order chi connectivity index (χ0) is 24.5. The summed E-state index contributed by atoms with van der Waals surface area (Å²) in [5.41, 5.74) is 0.392. The fourth-order valence-corrected chi connectivity index (χ4v) is 3.76. The van der Waals surface area contributed by atoms with E-state index >= 15 is 0 Å². The van der Waals surface area contributed by atoms with Crippen molar-refractivity contribution in [3.8, 4) is 0 Å². The van der Waals surface area contributed by atoms with Gasteiger partial charge in [0.25, 0.3) is 0 Å². The molecule has 0 bridgehead atoms. The first-order chi connectivity index (χ1) is 15.2. The molecule has 0 unspecified atom stereocenters. The first-order valence-electron chi connectivity index (χ1n) is 13.6. The Morgan fingerprint density at radius 2 is 0.765 bits per heavy atom. The zero-order valence-corrected chi connectivity index (χ0v) is 28.0. The van der Waals surface area contributed by atoms with Gasteiger partial charge >= 0.3 is 11.9 Å². The summed E-state index contributed by atoms with van der Waals surface area (Å²) in [6.07, 6.45) is 24.7. The Balaban J connectivity index is -0.000000279. The Labute approximate surface area is 250 Å². The predicted molar refractivity (Wildman–Crippen MR) is 137 cm³/mol. The van der Waals surface area contributed by atoms with Gasteiger partial charge in [-0.25, -0.2) is 0 Å². The second-order valence-corrected chi connectivity index (χ2v) is 10.6. The van der Waals surface area contributed by atoms with E-state index in [4.69, 9.17) is 10.2 Å². The molecule has 0 atom stereocenters. The molecule has 0 heterocycles. The molecule has 200 valence electrons. The van der Waals surface area contributed by atoms with Gasteiger partial charge in [0.2, 0.25) is 0 Å². The number of carbonyl (C=O) groups is 2. The van der Waals surface area contributed by atoms with Gasteiger partial charge in [0.15, 0.2) is 0 Å². The van der Waals surface area contributed by atoms with E-state index < -0.39 is 11.9 Å². The van der Waals surface area contributed by atoms with Crippen LogP contribution in [0.2, 0.25) is 0 Å². The van der Waals surface area contributed by atoms with Crippen molar-refractivity contribution < 1.29 is 72.2 Å². The fourth-order valence-electron chi connectivity index (χ4n) is 3.76. The Morgan fingerprint density at radius 1 is 0.500 bits per heavy atom. The van der Waals surface area contributed by atoms with Crippen molar-refractivity contribution in [2.24, 2.45) is 5.41 Å². The monoisotopic (exact) mass is 636 g/mol. The van der Waals surface area contributed by atoms with E-state index in [9.17, 15) is 9.59 Å². The summed E-state index contributed by atoms with van der Waals surface area (Å²) in [7, 11) is 0. The summed E-state index contributed by atoms with van der Waals surface area (Å²) in [5.74, 6) is -1.33. The molecule has 0 aromatic rings. The summed E-state index contributed by atoms with van der Waals surface area (Å²) >= 11 is 0. The minimum absolute atomic E-state index is 0. The molecule has 4 nitrogen and oxygen atoms in total. The SMILES string of the molecule is CC(C)(C)CCCCCC(=O)O.CCCCCCCCCCCCCCCCCC(=O)O.[Zr].[Zr]. The van der Waals surface area contributed by atoms with E-state index in [1.54, 1.807) is 0 Å². The molecule has 0 aromatic carbocycles. The largest absolute Gasteiger partial charge is 0.481 e. The van der Waals surface area contributed by atoms with Crippen molar-refractivity contribution in [3.05, 3.63) is 0 Å². The van der Waals surface area contributed by atoms with Crippen LogP contribution in [0, 0.1) is 5.41 Å². The minimum atomic E-state index is -0.675. The number of hydrogen-bond acceptors (Lipinski definition) is 2. The molecule has 0 aliphatic rings. The molecule has 0 spiro atoms. The Kier molecular flexibility index (Phi) is 39.0. The van der Waals surface area contributed by atoms with Gasteiger partial charge in [-0.1, -0.05) is 130 Å². The van der Waals surface area contributed by atoms with E-state index in [1.165, 1.54) is 89.9 Å². The number of unbranched alkanes of at least 4 members (excludes halogenated alkanes) is 16. The van der Waals surface area contributed by atoms with Crippen molar-refractivity contribution >= 4 is 11.9 Å². The first kappa shape index (κ1) is 41.8. The Hall–Kier alpha value is 0.706. The van der Waals surface area contributed by atoms with Gasteiger partial charge in [0, 0.05) is 65.2 Å². The van der Waals surface area contributed by atoms with Crippen LogP contribution in [0.4, 0.5) is 0 Å². The Morgan fingerprint density at radius 3 is 1.03 bits per heavy atom. The normalized spacial score (nSPS) is 10.5. The molecule has 6 heteroatoms. The van der Waals surface area contributed by atoms with Gasteiger partial charge in [0.1, 0.15) is 0 Å². The summed E-state index contributed by atoms with van der Waals surface area (Å²) in [6, 6.07) is 0. The molecule has 0 saturated carbocycles. The number of rotatable bonds is 21. The second kappa shape index (κ2) is 31.7. The van der Waals surface area contributed by atoms with Gasteiger partial charge < -0.3 is 10.2 Å². The predicted octanol–water partition coefficient (Wildman–Crippen LogP) is 9.40. The van der Waals surface area contributed by atoms with Crippen LogP contribution in [0.15, 0.2) is 0 Å². The molecule has 0 aliphatic heterocycles. The molecule has 0 saturated heterocycles. The summed E-state index contributed by atoms with van der Waals surface area (Å²) < 4.78 is 0. The molecule has 0 amide bonds. The quantitative estimate of drug-likeness (QED) is 0.123. The van der Waals surface area contributed by atoms with Crippen LogP contribution in [-0.2, 0) is 62.0 Å². The summed E-state index contributed by atoms with van der Waals surface area (Å²) in [5, 5.41) is 16.9. The molecular formula is C28H56O4Zr2. The number of aliphatic carboxylic acids is 2. The van der Waals surface area contributed by atoms with E-state index in [0.29, 0.717) is 18.3 Å². The topological polar surface area (TPSA) is 74.6 Å². The van der Waals surface area contributed by atoms with Crippen LogP contribution < -0.4 is 0 Å². The minimum Gasteiger partial charge on any atom is -0.481 e. The molecule has 0 aromatic heterocycles. The first-order valence-corrected chi connectivity index (χ1v) is 13.6. The molecule has 0 rings (SSSR count). The van der Waals surface area contributed by atoms with Crippen LogP contribution in [0.1, 0.15) is 163 Å². The van der Waals surface area contributed by atoms with Crippen LogP contribution in [0.5, 0.6) is 0 Å². The van der Waals surface area contributed by atoms with Crippen molar-refractivity contribution in [1.29, 1.82) is 0 Å². The van der Waals surface area contributed by atoms with Crippen LogP contribution in [-0.4, -0.2) is 22.2 Å². The van der Waals surface area contributed by atoms with E-state index in [-0.39, 0.29) is 52.4 Å². The molecule has 2 N–H and O–H groups in total. The maximum Gasteiger partial charge on any atom is 0.303 e. The van der Waals surface area contributed by atoms with Gasteiger partial charge in [-0.05, 0) is 24.7 Å². The van der Waals surface area contributed by atoms with Crippen molar-refractivity contribution in [1.82, 2.24) is 0 Å². The van der Waals surface area contributed by atoms with Crippen molar-refractivity contribution in [3.63, 3.8) is 0 Å². The van der Waals surface area contributed by atoms with Crippen molar-refractivity contribution in [2.75, 3.05) is 0 Å². The third kappa shape index (κ3) is 46.1. The molecule has 0 radical (unpaired) electrons. The molecule has 0 aliphatic carbocycles. The third-order valence-corrected chi connectivity index (χ3v) is 5.81. The molecular weight excluding hydrogens is 583 g/mol. The van der Waals surface area contributed by atoms with Gasteiger partial charge in [-0.3, -0.25) is 9.59 Å². The summed E-state index contributed by atoms with van der Waals surface area (Å²) in [6.45, 7) is 8.91. The second-order valence-electron chi connectivity index (χ2n) is 10.6. The molecule has 34 heavy (non-hydrogen) atoms. The summed E-state index contributed by atoms with van der Waals surface area (Å²) in [4.78, 5) is 20.5. The standard InChI is InChI=1S/C18H36O2.C10H20O2.2Zr/c1-2-3-4-5-6-7-8-9-10-11-12-13-14-15-16-17-18(19)20;1-10(2,3)8-6-4-5-7-9(11)12;;/h2-17H2,1H3,(H,19,20);4-8H2,1-3H3,(H,11,12);;. The number of carboxylic acid groups (broad SMARTS) is 2. The van der Waals surface area contributed by atoms with Crippen LogP contribution in [0.3, 0.4) is 0 Å². The third-order valence-electron chi connectivity index (χ3n) is 5.81. The van der Waals surface area contributed by atoms with Gasteiger partial charge in [-0.15, -0.1) is 0 Å². The maximum absolute atomic E-state index is 10.3. The van der Waals surface area contributed by atoms with E-state index in [2.05, 4.69) is 27.7 Å². The van der Waals surface area contributed by atoms with Crippen LogP contribution in [0.25, 0.3) is 0 Å². The smallest absolute Gasteiger partial charge is 0.303 e. The van der Waals surface area contributed by atoms with Crippen LogP contribution >= 0.6 is 0 Å². The van der Waals surface area contributed by atoms with E-state index in [0.717, 1.165) is 32.1 Å². The fraction of sp³-hybridized carbons (Fsp3) is 0.929. The molecule has 0 fully saturated rings. The van der Waals surface area contributed by atoms with Crippen molar-refractivity contribution in [2.45, 2.75) is 163 Å². The number of hydrogen-bond donors (Lipinski definition) is 2. The average Bonchev–Trinajstić information content (AvgIpc) is 2.70. The average molecular weight is 639 g/mol. The maximum atomic E-state index is 10.3. The van der Waals surface area contributed by atoms with Gasteiger partial charge in [0.05, 0.1) is 0 Å². The number of carboxylic acids is 2. The van der Waals surface area contributed by atoms with E-state index in [1.807, 2.05) is 0 Å². The van der Waals surface area contributed by atoms with Gasteiger partial charge in [-0.2, -0.15) is 0 Å².